The molecule has 1 amide bonds. The molecule has 5 heteroatoms. The summed E-state index contributed by atoms with van der Waals surface area (Å²) in [6.45, 7) is 3.10. The van der Waals surface area contributed by atoms with Crippen LogP contribution in [-0.4, -0.2) is 39.3 Å². The van der Waals surface area contributed by atoms with Crippen LogP contribution >= 0.6 is 0 Å². The van der Waals surface area contributed by atoms with Gasteiger partial charge in [-0.2, -0.15) is 0 Å². The summed E-state index contributed by atoms with van der Waals surface area (Å²) in [5.74, 6) is 1.36. The number of carbonyl (C=O) groups excluding carboxylic acids is 1. The van der Waals surface area contributed by atoms with Crippen molar-refractivity contribution in [1.29, 1.82) is 0 Å². The fraction of sp³-hybridized carbons (Fsp3) is 0.562. The molecule has 0 aliphatic carbocycles. The maximum Gasteiger partial charge on any atom is 0.224 e. The maximum absolute atomic E-state index is 12.0. The smallest absolute Gasteiger partial charge is 0.224 e. The van der Waals surface area contributed by atoms with Crippen molar-refractivity contribution < 1.29 is 14.3 Å². The van der Waals surface area contributed by atoms with Gasteiger partial charge in [0.05, 0.1) is 12.3 Å². The Labute approximate surface area is 126 Å². The minimum Gasteiger partial charge on any atom is -0.489 e. The van der Waals surface area contributed by atoms with Gasteiger partial charge in [-0.1, -0.05) is 12.1 Å². The molecule has 1 fully saturated rings. The fourth-order valence-electron chi connectivity index (χ4n) is 2.44. The first kappa shape index (κ1) is 15.8. The van der Waals surface area contributed by atoms with E-state index in [2.05, 4.69) is 10.6 Å². The van der Waals surface area contributed by atoms with Gasteiger partial charge in [0, 0.05) is 13.5 Å². The second-order valence-electron chi connectivity index (χ2n) is 5.28. The number of carbonyl (C=O) groups is 1. The normalized spacial score (nSPS) is 17.7. The number of nitrogens with one attached hydrogen (secondary N) is 2. The average Bonchev–Trinajstić information content (AvgIpc) is 3.00. The van der Waals surface area contributed by atoms with E-state index in [1.165, 1.54) is 6.42 Å². The van der Waals surface area contributed by atoms with Crippen molar-refractivity contribution in [2.24, 2.45) is 5.92 Å². The summed E-state index contributed by atoms with van der Waals surface area (Å²) in [7, 11) is 1.63. The van der Waals surface area contributed by atoms with Gasteiger partial charge in [0.2, 0.25) is 5.91 Å². The van der Waals surface area contributed by atoms with Crippen molar-refractivity contribution in [3.63, 3.8) is 0 Å². The Balaban J connectivity index is 1.81. The highest BCUT2D eigenvalue weighted by molar-refractivity contribution is 5.92. The molecule has 5 nitrogen and oxygen atoms in total. The Morgan fingerprint density at radius 3 is 3.00 bits per heavy atom. The number of amides is 1. The second kappa shape index (κ2) is 8.64. The number of para-hydroxylation sites is 2. The summed E-state index contributed by atoms with van der Waals surface area (Å²) in [4.78, 5) is 12.0. The Morgan fingerprint density at radius 2 is 2.24 bits per heavy atom. The molecule has 21 heavy (non-hydrogen) atoms. The highest BCUT2D eigenvalue weighted by atomic mass is 16.5. The lowest BCUT2D eigenvalue weighted by Gasteiger charge is -2.13. The molecule has 0 radical (unpaired) electrons. The van der Waals surface area contributed by atoms with Crippen molar-refractivity contribution in [2.75, 3.05) is 38.7 Å². The van der Waals surface area contributed by atoms with Crippen LogP contribution in [0.4, 0.5) is 5.69 Å². The van der Waals surface area contributed by atoms with Crippen LogP contribution in [0.25, 0.3) is 0 Å². The van der Waals surface area contributed by atoms with Crippen LogP contribution in [-0.2, 0) is 9.53 Å². The van der Waals surface area contributed by atoms with Crippen LogP contribution in [0.5, 0.6) is 5.75 Å². The van der Waals surface area contributed by atoms with Crippen LogP contribution in [0, 0.1) is 5.92 Å². The molecule has 0 saturated carbocycles. The summed E-state index contributed by atoms with van der Waals surface area (Å²) in [6, 6.07) is 7.49. The van der Waals surface area contributed by atoms with E-state index in [0.717, 1.165) is 25.2 Å². The molecule has 1 unspecified atom stereocenters. The minimum absolute atomic E-state index is 0.0460. The molecule has 116 valence electrons. The molecule has 0 aromatic heterocycles. The van der Waals surface area contributed by atoms with Crippen molar-refractivity contribution in [2.45, 2.75) is 19.3 Å². The average molecular weight is 292 g/mol. The number of methoxy groups -OCH3 is 1. The molecule has 1 aliphatic heterocycles. The number of hydrogen-bond acceptors (Lipinski definition) is 4. The van der Waals surface area contributed by atoms with Gasteiger partial charge in [-0.3, -0.25) is 4.79 Å². The maximum atomic E-state index is 12.0. The van der Waals surface area contributed by atoms with E-state index in [4.69, 9.17) is 9.47 Å². The van der Waals surface area contributed by atoms with Crippen LogP contribution in [0.15, 0.2) is 24.3 Å². The molecule has 2 N–H and O–H groups in total. The Hall–Kier alpha value is -1.59. The first-order chi connectivity index (χ1) is 10.3. The molecular weight excluding hydrogens is 268 g/mol. The van der Waals surface area contributed by atoms with Gasteiger partial charge in [-0.25, -0.2) is 0 Å². The minimum atomic E-state index is 0.0460. The summed E-state index contributed by atoms with van der Waals surface area (Å²) in [6.07, 6.45) is 2.66. The van der Waals surface area contributed by atoms with Gasteiger partial charge >= 0.3 is 0 Å². The fourth-order valence-corrected chi connectivity index (χ4v) is 2.44. The molecule has 1 saturated heterocycles. The predicted molar refractivity (Wildman–Crippen MR) is 82.7 cm³/mol. The third kappa shape index (κ3) is 5.36. The van der Waals surface area contributed by atoms with Gasteiger partial charge in [0.1, 0.15) is 12.4 Å². The molecule has 1 aliphatic rings. The number of benzene rings is 1. The molecule has 1 aromatic rings. The van der Waals surface area contributed by atoms with Crippen molar-refractivity contribution in [3.05, 3.63) is 24.3 Å². The van der Waals surface area contributed by atoms with Crippen LogP contribution < -0.4 is 15.4 Å². The van der Waals surface area contributed by atoms with E-state index in [0.29, 0.717) is 31.3 Å². The lowest BCUT2D eigenvalue weighted by atomic mass is 10.0. The third-order valence-corrected chi connectivity index (χ3v) is 3.65. The number of ether oxygens (including phenoxy) is 2. The largest absolute Gasteiger partial charge is 0.489 e. The SMILES string of the molecule is COCCOc1ccccc1NC(=O)CCC1CCNC1. The van der Waals surface area contributed by atoms with E-state index < -0.39 is 0 Å². The van der Waals surface area contributed by atoms with E-state index in [1.54, 1.807) is 7.11 Å². The van der Waals surface area contributed by atoms with Gasteiger partial charge in [0.25, 0.3) is 0 Å². The van der Waals surface area contributed by atoms with Gasteiger partial charge in [-0.05, 0) is 44.0 Å². The lowest BCUT2D eigenvalue weighted by Crippen LogP contribution is -2.16. The summed E-state index contributed by atoms with van der Waals surface area (Å²) in [5, 5.41) is 6.26. The van der Waals surface area contributed by atoms with Gasteiger partial charge < -0.3 is 20.1 Å². The van der Waals surface area contributed by atoms with Gasteiger partial charge in [-0.15, -0.1) is 0 Å². The first-order valence-electron chi connectivity index (χ1n) is 7.51. The van der Waals surface area contributed by atoms with E-state index in [-0.39, 0.29) is 5.91 Å². The van der Waals surface area contributed by atoms with E-state index in [9.17, 15) is 4.79 Å². The molecular formula is C16H24N2O3. The number of rotatable bonds is 8. The van der Waals surface area contributed by atoms with Crippen LogP contribution in [0.2, 0.25) is 0 Å². The molecule has 0 bridgehead atoms. The van der Waals surface area contributed by atoms with Crippen molar-refractivity contribution in [3.8, 4) is 5.75 Å². The zero-order chi connectivity index (χ0) is 14.9. The van der Waals surface area contributed by atoms with Crippen molar-refractivity contribution in [1.82, 2.24) is 5.32 Å². The topological polar surface area (TPSA) is 59.6 Å². The van der Waals surface area contributed by atoms with Crippen molar-refractivity contribution >= 4 is 11.6 Å². The molecule has 1 aromatic carbocycles. The lowest BCUT2D eigenvalue weighted by molar-refractivity contribution is -0.116. The second-order valence-corrected chi connectivity index (χ2v) is 5.28. The standard InChI is InChI=1S/C16H24N2O3/c1-20-10-11-21-15-5-3-2-4-14(15)18-16(19)7-6-13-8-9-17-12-13/h2-5,13,17H,6-12H2,1H3,(H,18,19). The quantitative estimate of drug-likeness (QED) is 0.720. The van der Waals surface area contributed by atoms with E-state index >= 15 is 0 Å². The molecule has 1 heterocycles. The van der Waals surface area contributed by atoms with Crippen LogP contribution in [0.1, 0.15) is 19.3 Å². The Bertz CT molecular complexity index is 445. The summed E-state index contributed by atoms with van der Waals surface area (Å²) < 4.78 is 10.6. The van der Waals surface area contributed by atoms with Crippen LogP contribution in [0.3, 0.4) is 0 Å². The Kier molecular flexibility index (Phi) is 6.50. The molecule has 0 spiro atoms. The zero-order valence-electron chi connectivity index (χ0n) is 12.6. The van der Waals surface area contributed by atoms with E-state index in [1.807, 2.05) is 24.3 Å². The highest BCUT2D eigenvalue weighted by Gasteiger charge is 2.16. The Morgan fingerprint density at radius 1 is 1.38 bits per heavy atom. The summed E-state index contributed by atoms with van der Waals surface area (Å²) in [5.41, 5.74) is 0.725. The predicted octanol–water partition coefficient (Wildman–Crippen LogP) is 2.04. The third-order valence-electron chi connectivity index (χ3n) is 3.65. The highest BCUT2D eigenvalue weighted by Crippen LogP contribution is 2.24. The number of hydrogen-bond donors (Lipinski definition) is 2. The molecule has 1 atom stereocenters. The zero-order valence-corrected chi connectivity index (χ0v) is 12.6. The first-order valence-corrected chi connectivity index (χ1v) is 7.51. The summed E-state index contributed by atoms with van der Waals surface area (Å²) >= 11 is 0. The molecule has 2 rings (SSSR count). The van der Waals surface area contributed by atoms with Gasteiger partial charge in [0.15, 0.2) is 0 Å². The number of anilines is 1. The monoisotopic (exact) mass is 292 g/mol.